The third-order valence-corrected chi connectivity index (χ3v) is 7.01. The Labute approximate surface area is 207 Å². The van der Waals surface area contributed by atoms with E-state index in [0.29, 0.717) is 12.0 Å². The number of nitrogens with zero attached hydrogens (tertiary/aromatic N) is 3. The monoisotopic (exact) mass is 469 g/mol. The predicted octanol–water partition coefficient (Wildman–Crippen LogP) is 6.02. The maximum absolute atomic E-state index is 6.00. The molecule has 1 aliphatic carbocycles. The second-order valence-corrected chi connectivity index (χ2v) is 9.83. The Balaban J connectivity index is 1.12. The van der Waals surface area contributed by atoms with Crippen LogP contribution in [0.3, 0.4) is 0 Å². The fourth-order valence-electron chi connectivity index (χ4n) is 5.01. The summed E-state index contributed by atoms with van der Waals surface area (Å²) in [5, 5.41) is 8.37. The van der Waals surface area contributed by atoms with E-state index in [1.807, 2.05) is 44.4 Å². The van der Waals surface area contributed by atoms with Crippen molar-refractivity contribution < 1.29 is 4.42 Å². The summed E-state index contributed by atoms with van der Waals surface area (Å²) in [4.78, 5) is 11.6. The summed E-state index contributed by atoms with van der Waals surface area (Å²) < 4.78 is 6.00. The molecule has 0 unspecified atom stereocenters. The SMILES string of the molecule is Cc1oc(-c2ccccc2)cc1CNC[C@H]1CC[C@@H](Nc2nc(N(C)C)c3ccccc3n2)CC1. The van der Waals surface area contributed by atoms with Gasteiger partial charge < -0.3 is 20.0 Å². The lowest BCUT2D eigenvalue weighted by Crippen LogP contribution is -2.31. The van der Waals surface area contributed by atoms with Gasteiger partial charge in [0.05, 0.1) is 5.52 Å². The Morgan fingerprint density at radius 1 is 0.943 bits per heavy atom. The van der Waals surface area contributed by atoms with Crippen LogP contribution in [0.5, 0.6) is 0 Å². The van der Waals surface area contributed by atoms with E-state index in [9.17, 15) is 0 Å². The van der Waals surface area contributed by atoms with E-state index in [0.717, 1.165) is 65.7 Å². The molecule has 0 bridgehead atoms. The lowest BCUT2D eigenvalue weighted by Gasteiger charge is -2.29. The smallest absolute Gasteiger partial charge is 0.225 e. The molecule has 0 amide bonds. The molecular formula is C29H35N5O. The first-order valence-corrected chi connectivity index (χ1v) is 12.6. The molecule has 0 aliphatic heterocycles. The summed E-state index contributed by atoms with van der Waals surface area (Å²) >= 11 is 0. The highest BCUT2D eigenvalue weighted by Gasteiger charge is 2.22. The van der Waals surface area contributed by atoms with Crippen LogP contribution < -0.4 is 15.5 Å². The van der Waals surface area contributed by atoms with Crippen molar-refractivity contribution in [1.29, 1.82) is 0 Å². The van der Waals surface area contributed by atoms with E-state index in [1.165, 1.54) is 18.4 Å². The van der Waals surface area contributed by atoms with Crippen LogP contribution in [0.25, 0.3) is 22.2 Å². The van der Waals surface area contributed by atoms with Gasteiger partial charge in [-0.05, 0) is 63.3 Å². The minimum atomic E-state index is 0.423. The Kier molecular flexibility index (Phi) is 7.00. The number of fused-ring (bicyclic) bond motifs is 1. The number of hydrogen-bond donors (Lipinski definition) is 2. The summed E-state index contributed by atoms with van der Waals surface area (Å²) in [6, 6.07) is 21.1. The van der Waals surface area contributed by atoms with Crippen molar-refractivity contribution in [3.8, 4) is 11.3 Å². The number of anilines is 2. The van der Waals surface area contributed by atoms with Crippen molar-refractivity contribution >= 4 is 22.7 Å². The third kappa shape index (κ3) is 5.49. The van der Waals surface area contributed by atoms with Crippen molar-refractivity contribution in [1.82, 2.24) is 15.3 Å². The molecule has 1 fully saturated rings. The van der Waals surface area contributed by atoms with Gasteiger partial charge >= 0.3 is 0 Å². The van der Waals surface area contributed by atoms with E-state index >= 15 is 0 Å². The summed E-state index contributed by atoms with van der Waals surface area (Å²) in [7, 11) is 4.06. The molecule has 0 atom stereocenters. The summed E-state index contributed by atoms with van der Waals surface area (Å²) in [6.45, 7) is 3.94. The number of nitrogens with one attached hydrogen (secondary N) is 2. The second kappa shape index (κ2) is 10.5. The predicted molar refractivity (Wildman–Crippen MR) is 144 cm³/mol. The number of furan rings is 1. The number of benzene rings is 2. The highest BCUT2D eigenvalue weighted by molar-refractivity contribution is 5.90. The van der Waals surface area contributed by atoms with E-state index in [1.54, 1.807) is 0 Å². The van der Waals surface area contributed by atoms with Gasteiger partial charge in [0.1, 0.15) is 17.3 Å². The largest absolute Gasteiger partial charge is 0.461 e. The average Bonchev–Trinajstić information content (AvgIpc) is 3.25. The quantitative estimate of drug-likeness (QED) is 0.329. The molecule has 0 saturated heterocycles. The van der Waals surface area contributed by atoms with Gasteiger partial charge in [-0.2, -0.15) is 4.98 Å². The minimum absolute atomic E-state index is 0.423. The molecule has 6 nitrogen and oxygen atoms in total. The molecule has 2 N–H and O–H groups in total. The van der Waals surface area contributed by atoms with Crippen LogP contribution in [0.1, 0.15) is 37.0 Å². The Morgan fingerprint density at radius 3 is 2.46 bits per heavy atom. The van der Waals surface area contributed by atoms with Crippen molar-refractivity contribution in [3.05, 3.63) is 72.0 Å². The lowest BCUT2D eigenvalue weighted by molar-refractivity contribution is 0.323. The van der Waals surface area contributed by atoms with Crippen molar-refractivity contribution in [2.75, 3.05) is 30.9 Å². The van der Waals surface area contributed by atoms with Gasteiger partial charge in [-0.25, -0.2) is 4.98 Å². The Morgan fingerprint density at radius 2 is 1.69 bits per heavy atom. The summed E-state index contributed by atoms with van der Waals surface area (Å²) in [5.41, 5.74) is 3.35. The lowest BCUT2D eigenvalue weighted by atomic mass is 9.86. The molecule has 1 saturated carbocycles. The molecule has 4 aromatic rings. The van der Waals surface area contributed by atoms with Crippen LogP contribution in [-0.4, -0.2) is 36.6 Å². The number of aromatic nitrogens is 2. The van der Waals surface area contributed by atoms with Gasteiger partial charge in [-0.3, -0.25) is 0 Å². The zero-order chi connectivity index (χ0) is 24.2. The van der Waals surface area contributed by atoms with Gasteiger partial charge in [0.2, 0.25) is 5.95 Å². The fraction of sp³-hybridized carbons (Fsp3) is 0.379. The molecular weight excluding hydrogens is 434 g/mol. The zero-order valence-corrected chi connectivity index (χ0v) is 20.9. The van der Waals surface area contributed by atoms with Crippen molar-refractivity contribution in [2.24, 2.45) is 5.92 Å². The van der Waals surface area contributed by atoms with Gasteiger partial charge in [0.25, 0.3) is 0 Å². The molecule has 5 rings (SSSR count). The minimum Gasteiger partial charge on any atom is -0.461 e. The molecule has 6 heteroatoms. The van der Waals surface area contributed by atoms with Crippen molar-refractivity contribution in [2.45, 2.75) is 45.2 Å². The van der Waals surface area contributed by atoms with Crippen LogP contribution in [0, 0.1) is 12.8 Å². The van der Waals surface area contributed by atoms with E-state index < -0.39 is 0 Å². The van der Waals surface area contributed by atoms with Crippen LogP contribution in [0.4, 0.5) is 11.8 Å². The second-order valence-electron chi connectivity index (χ2n) is 9.83. The summed E-state index contributed by atoms with van der Waals surface area (Å²) in [6.07, 6.45) is 4.70. The normalized spacial score (nSPS) is 18.0. The van der Waals surface area contributed by atoms with Crippen LogP contribution >= 0.6 is 0 Å². The standard InChI is InChI=1S/C29H35N5O/c1-20-23(17-27(35-20)22-9-5-4-6-10-22)19-30-18-21-13-15-24(16-14-21)31-29-32-26-12-8-7-11-25(26)28(33-29)34(2)3/h4-12,17,21,24,30H,13-16,18-19H2,1-3H3,(H,31,32,33)/t21-,24+. The maximum Gasteiger partial charge on any atom is 0.225 e. The van der Waals surface area contributed by atoms with E-state index in [-0.39, 0.29) is 0 Å². The first-order valence-electron chi connectivity index (χ1n) is 12.6. The van der Waals surface area contributed by atoms with Crippen LogP contribution in [0.15, 0.2) is 65.1 Å². The topological polar surface area (TPSA) is 66.2 Å². The zero-order valence-electron chi connectivity index (χ0n) is 20.9. The molecule has 0 spiro atoms. The first kappa shape index (κ1) is 23.4. The first-order chi connectivity index (χ1) is 17.1. The number of para-hydroxylation sites is 1. The molecule has 1 aliphatic rings. The Bertz CT molecular complexity index is 1260. The average molecular weight is 470 g/mol. The van der Waals surface area contributed by atoms with Gasteiger partial charge in [-0.15, -0.1) is 0 Å². The van der Waals surface area contributed by atoms with Crippen molar-refractivity contribution in [3.63, 3.8) is 0 Å². The van der Waals surface area contributed by atoms with E-state index in [4.69, 9.17) is 14.4 Å². The number of rotatable bonds is 8. The molecule has 0 radical (unpaired) electrons. The van der Waals surface area contributed by atoms with E-state index in [2.05, 4.69) is 52.8 Å². The molecule has 35 heavy (non-hydrogen) atoms. The van der Waals surface area contributed by atoms with Crippen LogP contribution in [-0.2, 0) is 6.54 Å². The maximum atomic E-state index is 6.00. The highest BCUT2D eigenvalue weighted by atomic mass is 16.3. The third-order valence-electron chi connectivity index (χ3n) is 7.01. The van der Waals surface area contributed by atoms with Gasteiger partial charge in [0, 0.05) is 43.2 Å². The molecule has 182 valence electrons. The highest BCUT2D eigenvalue weighted by Crippen LogP contribution is 2.29. The van der Waals surface area contributed by atoms with Gasteiger partial charge in [0.15, 0.2) is 0 Å². The molecule has 2 aromatic carbocycles. The number of hydrogen-bond acceptors (Lipinski definition) is 6. The fourth-order valence-corrected chi connectivity index (χ4v) is 5.01. The number of aryl methyl sites for hydroxylation is 1. The summed E-state index contributed by atoms with van der Waals surface area (Å²) in [5.74, 6) is 4.33. The van der Waals surface area contributed by atoms with Crippen LogP contribution in [0.2, 0.25) is 0 Å². The molecule has 2 heterocycles. The molecule has 2 aromatic heterocycles. The van der Waals surface area contributed by atoms with Gasteiger partial charge in [-0.1, -0.05) is 42.5 Å². The Hall–Kier alpha value is -3.38.